The van der Waals surface area contributed by atoms with Crippen LogP contribution in [-0.2, 0) is 20.2 Å². The molecule has 0 bridgehead atoms. The Morgan fingerprint density at radius 3 is 2.68 bits per heavy atom. The van der Waals surface area contributed by atoms with Gasteiger partial charge < -0.3 is 13.6 Å². The SMILES string of the molecule is CCOP(=O)(/C=C\CCn1cnc2c(Cl)ncnc21)OCC. The number of aryl methyl sites for hydroxylation is 1. The Hall–Kier alpha value is -1.27. The van der Waals surface area contributed by atoms with E-state index in [2.05, 4.69) is 15.0 Å². The van der Waals surface area contributed by atoms with Gasteiger partial charge in [-0.05, 0) is 20.3 Å². The average Bonchev–Trinajstić information content (AvgIpc) is 2.89. The van der Waals surface area contributed by atoms with E-state index in [0.717, 1.165) is 0 Å². The van der Waals surface area contributed by atoms with Crippen molar-refractivity contribution in [3.8, 4) is 0 Å². The van der Waals surface area contributed by atoms with Crippen molar-refractivity contribution in [2.24, 2.45) is 0 Å². The number of fused-ring (bicyclic) bond motifs is 1. The van der Waals surface area contributed by atoms with Gasteiger partial charge in [-0.1, -0.05) is 17.7 Å². The second-order valence-electron chi connectivity index (χ2n) is 4.32. The van der Waals surface area contributed by atoms with Gasteiger partial charge in [0, 0.05) is 12.4 Å². The van der Waals surface area contributed by atoms with Crippen LogP contribution in [0.2, 0.25) is 5.15 Å². The van der Waals surface area contributed by atoms with E-state index >= 15 is 0 Å². The molecule has 0 radical (unpaired) electrons. The van der Waals surface area contributed by atoms with E-state index in [9.17, 15) is 4.57 Å². The number of aromatic nitrogens is 4. The van der Waals surface area contributed by atoms with Crippen molar-refractivity contribution >= 4 is 30.4 Å². The number of nitrogens with zero attached hydrogens (tertiary/aromatic N) is 4. The van der Waals surface area contributed by atoms with Crippen molar-refractivity contribution in [3.05, 3.63) is 29.7 Å². The van der Waals surface area contributed by atoms with Gasteiger partial charge in [0.2, 0.25) is 0 Å². The van der Waals surface area contributed by atoms with Crippen LogP contribution < -0.4 is 0 Å². The highest BCUT2D eigenvalue weighted by Crippen LogP contribution is 2.49. The van der Waals surface area contributed by atoms with Crippen LogP contribution in [0.25, 0.3) is 11.2 Å². The molecule has 7 nitrogen and oxygen atoms in total. The average molecular weight is 345 g/mol. The Balaban J connectivity index is 2.01. The van der Waals surface area contributed by atoms with E-state index in [-0.39, 0.29) is 0 Å². The molecule has 120 valence electrons. The molecule has 0 unspecified atom stereocenters. The van der Waals surface area contributed by atoms with E-state index in [1.54, 1.807) is 26.3 Å². The quantitative estimate of drug-likeness (QED) is 0.537. The topological polar surface area (TPSA) is 79.1 Å². The fraction of sp³-hybridized carbons (Fsp3) is 0.462. The molecular weight excluding hydrogens is 327 g/mol. The van der Waals surface area contributed by atoms with Crippen molar-refractivity contribution < 1.29 is 13.6 Å². The predicted molar refractivity (Wildman–Crippen MR) is 84.9 cm³/mol. The minimum atomic E-state index is -3.13. The summed E-state index contributed by atoms with van der Waals surface area (Å²) in [5, 5.41) is 0.330. The van der Waals surface area contributed by atoms with Gasteiger partial charge in [0.25, 0.3) is 0 Å². The van der Waals surface area contributed by atoms with E-state index in [4.69, 9.17) is 20.6 Å². The molecule has 0 saturated carbocycles. The molecule has 9 heteroatoms. The number of rotatable bonds is 8. The zero-order chi connectivity index (χ0) is 16.0. The molecule has 0 N–H and O–H groups in total. The summed E-state index contributed by atoms with van der Waals surface area (Å²) in [6.45, 7) is 4.85. The summed E-state index contributed by atoms with van der Waals surface area (Å²) in [6, 6.07) is 0. The second kappa shape index (κ2) is 7.83. The van der Waals surface area contributed by atoms with Crippen molar-refractivity contribution in [2.75, 3.05) is 13.2 Å². The lowest BCUT2D eigenvalue weighted by Crippen LogP contribution is -1.97. The number of hydrogen-bond donors (Lipinski definition) is 0. The predicted octanol–water partition coefficient (Wildman–Crippen LogP) is 3.65. The Labute approximate surface area is 133 Å². The summed E-state index contributed by atoms with van der Waals surface area (Å²) in [5.41, 5.74) is 1.24. The Morgan fingerprint density at radius 2 is 2.00 bits per heavy atom. The van der Waals surface area contributed by atoms with Crippen LogP contribution in [0.4, 0.5) is 0 Å². The lowest BCUT2D eigenvalue weighted by atomic mass is 10.4. The summed E-state index contributed by atoms with van der Waals surface area (Å²) in [6.07, 6.45) is 5.47. The molecule has 2 heterocycles. The molecular formula is C13H18ClN4O3P. The van der Waals surface area contributed by atoms with Gasteiger partial charge in [-0.3, -0.25) is 4.57 Å². The fourth-order valence-electron chi connectivity index (χ4n) is 1.92. The zero-order valence-corrected chi connectivity index (χ0v) is 14.1. The summed E-state index contributed by atoms with van der Waals surface area (Å²) >= 11 is 5.95. The molecule has 2 rings (SSSR count). The number of allylic oxidation sites excluding steroid dienone is 1. The molecule has 2 aromatic heterocycles. The lowest BCUT2D eigenvalue weighted by Gasteiger charge is -2.12. The third-order valence-electron chi connectivity index (χ3n) is 2.80. The van der Waals surface area contributed by atoms with Crippen LogP contribution in [0.3, 0.4) is 0 Å². The van der Waals surface area contributed by atoms with Gasteiger partial charge in [0.15, 0.2) is 10.8 Å². The van der Waals surface area contributed by atoms with Gasteiger partial charge >= 0.3 is 7.60 Å². The summed E-state index contributed by atoms with van der Waals surface area (Å²) in [7, 11) is -3.13. The van der Waals surface area contributed by atoms with Crippen LogP contribution in [0, 0.1) is 0 Å². The molecule has 0 aliphatic carbocycles. The summed E-state index contributed by atoms with van der Waals surface area (Å²) in [5.74, 6) is 1.50. The molecule has 22 heavy (non-hydrogen) atoms. The highest BCUT2D eigenvalue weighted by Gasteiger charge is 2.18. The third-order valence-corrected chi connectivity index (χ3v) is 4.89. The Bertz CT molecular complexity index is 694. The maximum Gasteiger partial charge on any atom is 0.353 e. The maximum atomic E-state index is 12.2. The molecule has 0 aromatic carbocycles. The minimum absolute atomic E-state index is 0.330. The van der Waals surface area contributed by atoms with Crippen LogP contribution in [-0.4, -0.2) is 32.7 Å². The molecule has 0 amide bonds. The Morgan fingerprint density at radius 1 is 1.27 bits per heavy atom. The first kappa shape index (κ1) is 17.1. The fourth-order valence-corrected chi connectivity index (χ4v) is 3.47. The summed E-state index contributed by atoms with van der Waals surface area (Å²) < 4.78 is 24.5. The molecule has 0 fully saturated rings. The molecule has 0 aliphatic heterocycles. The zero-order valence-electron chi connectivity index (χ0n) is 12.5. The van der Waals surface area contributed by atoms with Crippen LogP contribution in [0.15, 0.2) is 24.5 Å². The first-order valence-electron chi connectivity index (χ1n) is 6.97. The molecule has 2 aromatic rings. The number of halogens is 1. The summed E-state index contributed by atoms with van der Waals surface area (Å²) in [4.78, 5) is 12.2. The van der Waals surface area contributed by atoms with Crippen molar-refractivity contribution in [1.82, 2.24) is 19.5 Å². The molecule has 0 spiro atoms. The van der Waals surface area contributed by atoms with Gasteiger partial charge in [-0.25, -0.2) is 15.0 Å². The first-order chi connectivity index (χ1) is 10.6. The minimum Gasteiger partial charge on any atom is -0.315 e. The molecule has 0 aliphatic rings. The highest BCUT2D eigenvalue weighted by molar-refractivity contribution is 7.57. The smallest absolute Gasteiger partial charge is 0.315 e. The normalized spacial score (nSPS) is 12.5. The largest absolute Gasteiger partial charge is 0.353 e. The molecule has 0 saturated heterocycles. The lowest BCUT2D eigenvalue weighted by molar-refractivity contribution is 0.229. The Kier molecular flexibility index (Phi) is 6.08. The molecule has 0 atom stereocenters. The number of hydrogen-bond acceptors (Lipinski definition) is 6. The van der Waals surface area contributed by atoms with E-state index in [1.807, 2.05) is 4.57 Å². The second-order valence-corrected chi connectivity index (χ2v) is 6.58. The monoisotopic (exact) mass is 344 g/mol. The van der Waals surface area contributed by atoms with Crippen LogP contribution >= 0.6 is 19.2 Å². The third kappa shape index (κ3) is 4.14. The van der Waals surface area contributed by atoms with Crippen molar-refractivity contribution in [2.45, 2.75) is 26.8 Å². The van der Waals surface area contributed by atoms with E-state index in [1.165, 1.54) is 12.1 Å². The van der Waals surface area contributed by atoms with E-state index < -0.39 is 7.60 Å². The first-order valence-corrected chi connectivity index (χ1v) is 8.96. The highest BCUT2D eigenvalue weighted by atomic mass is 35.5. The van der Waals surface area contributed by atoms with Gasteiger partial charge in [0.05, 0.1) is 19.5 Å². The van der Waals surface area contributed by atoms with Crippen molar-refractivity contribution in [1.29, 1.82) is 0 Å². The van der Waals surface area contributed by atoms with Crippen molar-refractivity contribution in [3.63, 3.8) is 0 Å². The van der Waals surface area contributed by atoms with Gasteiger partial charge in [-0.2, -0.15) is 0 Å². The standard InChI is InChI=1S/C13H18ClN4O3P/c1-3-20-22(19,21-4-2)8-6-5-7-18-10-17-11-12(14)15-9-16-13(11)18/h6,8-10H,3-5,7H2,1-2H3/b8-6-. The maximum absolute atomic E-state index is 12.2. The van der Waals surface area contributed by atoms with Crippen LogP contribution in [0.1, 0.15) is 20.3 Å². The van der Waals surface area contributed by atoms with E-state index in [0.29, 0.717) is 42.5 Å². The van der Waals surface area contributed by atoms with Crippen LogP contribution in [0.5, 0.6) is 0 Å². The number of imidazole rings is 1. The van der Waals surface area contributed by atoms with Gasteiger partial charge in [-0.15, -0.1) is 0 Å². The van der Waals surface area contributed by atoms with Gasteiger partial charge in [0.1, 0.15) is 11.8 Å².